The van der Waals surface area contributed by atoms with E-state index in [9.17, 15) is 14.7 Å². The van der Waals surface area contributed by atoms with Crippen LogP contribution >= 0.6 is 11.3 Å². The van der Waals surface area contributed by atoms with E-state index in [-0.39, 0.29) is 24.8 Å². The summed E-state index contributed by atoms with van der Waals surface area (Å²) in [5, 5.41) is 13.1. The summed E-state index contributed by atoms with van der Waals surface area (Å²) in [7, 11) is 1.54. The number of β-amino-alcohol motifs (C(OH)–C–C–N with tert-alkyl or cyclic N) is 1. The second-order valence-corrected chi connectivity index (χ2v) is 9.08. The maximum absolute atomic E-state index is 13.2. The van der Waals surface area contributed by atoms with E-state index in [0.29, 0.717) is 17.9 Å². The Morgan fingerprint density at radius 3 is 2.64 bits per heavy atom. The number of aryl methyl sites for hydroxylation is 2. The minimum Gasteiger partial charge on any atom is -0.497 e. The third kappa shape index (κ3) is 4.91. The molecular weight excluding hydrogens is 438 g/mol. The molecule has 1 fully saturated rings. The largest absolute Gasteiger partial charge is 0.497 e. The van der Waals surface area contributed by atoms with Gasteiger partial charge in [0.05, 0.1) is 29.3 Å². The number of methoxy groups -OCH3 is 1. The number of thiazole rings is 1. The van der Waals surface area contributed by atoms with Gasteiger partial charge in [-0.25, -0.2) is 4.98 Å². The second-order valence-electron chi connectivity index (χ2n) is 8.23. The van der Waals surface area contributed by atoms with Crippen LogP contribution in [-0.2, 0) is 11.3 Å². The average molecular weight is 466 g/mol. The number of ether oxygens (including phenoxy) is 1. The van der Waals surface area contributed by atoms with Crippen molar-refractivity contribution in [3.05, 3.63) is 70.4 Å². The number of nitrogens with one attached hydrogen (secondary N) is 1. The van der Waals surface area contributed by atoms with Gasteiger partial charge in [-0.2, -0.15) is 0 Å². The molecule has 1 saturated heterocycles. The zero-order valence-electron chi connectivity index (χ0n) is 18.9. The van der Waals surface area contributed by atoms with Crippen molar-refractivity contribution in [1.82, 2.24) is 15.2 Å². The summed E-state index contributed by atoms with van der Waals surface area (Å²) in [5.74, 6) is 0.0110. The highest BCUT2D eigenvalue weighted by Gasteiger charge is 2.39. The first-order valence-corrected chi connectivity index (χ1v) is 11.7. The molecule has 1 aliphatic heterocycles. The zero-order valence-corrected chi connectivity index (χ0v) is 19.7. The Kier molecular flexibility index (Phi) is 6.76. The maximum atomic E-state index is 13.2. The summed E-state index contributed by atoms with van der Waals surface area (Å²) in [6.45, 7) is 4.28. The molecule has 1 aromatic heterocycles. The van der Waals surface area contributed by atoms with Crippen LogP contribution in [0.15, 0.2) is 48.0 Å². The smallest absolute Gasteiger partial charge is 0.255 e. The Morgan fingerprint density at radius 1 is 1.21 bits per heavy atom. The molecule has 0 unspecified atom stereocenters. The highest BCUT2D eigenvalue weighted by Crippen LogP contribution is 2.28. The molecule has 1 aliphatic rings. The summed E-state index contributed by atoms with van der Waals surface area (Å²) in [5.41, 5.74) is 6.13. The van der Waals surface area contributed by atoms with Crippen LogP contribution in [0.4, 0.5) is 0 Å². The number of carbonyl (C=O) groups is 2. The van der Waals surface area contributed by atoms with Gasteiger partial charge >= 0.3 is 0 Å². The predicted octanol–water partition coefficient (Wildman–Crippen LogP) is 3.33. The standard InChI is InChI=1S/C25H27N3O4S/c1-15-4-9-20(32-3)11-21(15)25(31)28-13-19(29)10-22(28)24(30)26-12-17-5-7-18(8-6-17)23-16(2)27-14-33-23/h4-9,11,14,19,22,29H,10,12-13H2,1-3H3,(H,26,30)/t19-,22+/m1/s1. The van der Waals surface area contributed by atoms with Crippen molar-refractivity contribution in [2.24, 2.45) is 0 Å². The number of benzene rings is 2. The highest BCUT2D eigenvalue weighted by molar-refractivity contribution is 7.13. The van der Waals surface area contributed by atoms with Gasteiger partial charge in [0.15, 0.2) is 0 Å². The summed E-state index contributed by atoms with van der Waals surface area (Å²) in [6, 6.07) is 12.5. The van der Waals surface area contributed by atoms with E-state index in [0.717, 1.165) is 27.3 Å². The van der Waals surface area contributed by atoms with Crippen molar-refractivity contribution in [3.63, 3.8) is 0 Å². The van der Waals surface area contributed by atoms with Crippen molar-refractivity contribution in [2.45, 2.75) is 39.0 Å². The molecule has 0 bridgehead atoms. The van der Waals surface area contributed by atoms with Crippen LogP contribution in [0.3, 0.4) is 0 Å². The number of nitrogens with zero attached hydrogens (tertiary/aromatic N) is 2. The maximum Gasteiger partial charge on any atom is 0.255 e. The van der Waals surface area contributed by atoms with E-state index in [1.807, 2.05) is 49.7 Å². The molecule has 4 rings (SSSR count). The van der Waals surface area contributed by atoms with Crippen molar-refractivity contribution >= 4 is 23.2 Å². The van der Waals surface area contributed by atoms with Crippen LogP contribution in [-0.4, -0.2) is 52.6 Å². The Labute approximate surface area is 197 Å². The van der Waals surface area contributed by atoms with Crippen molar-refractivity contribution in [2.75, 3.05) is 13.7 Å². The van der Waals surface area contributed by atoms with Gasteiger partial charge < -0.3 is 20.1 Å². The fourth-order valence-electron chi connectivity index (χ4n) is 4.06. The van der Waals surface area contributed by atoms with Gasteiger partial charge in [-0.05, 0) is 42.7 Å². The first kappa shape index (κ1) is 22.9. The van der Waals surface area contributed by atoms with Gasteiger partial charge in [0, 0.05) is 25.1 Å². The number of amides is 2. The number of aliphatic hydroxyl groups is 1. The molecule has 7 nitrogen and oxygen atoms in total. The van der Waals surface area contributed by atoms with Gasteiger partial charge in [-0.15, -0.1) is 11.3 Å². The van der Waals surface area contributed by atoms with Crippen LogP contribution in [0, 0.1) is 13.8 Å². The molecule has 172 valence electrons. The summed E-state index contributed by atoms with van der Waals surface area (Å²) in [6.07, 6.45) is -0.526. The highest BCUT2D eigenvalue weighted by atomic mass is 32.1. The van der Waals surface area contributed by atoms with Crippen molar-refractivity contribution in [3.8, 4) is 16.2 Å². The van der Waals surface area contributed by atoms with E-state index in [4.69, 9.17) is 4.74 Å². The summed E-state index contributed by atoms with van der Waals surface area (Å²) in [4.78, 5) is 33.1. The van der Waals surface area contributed by atoms with Gasteiger partial charge in [0.1, 0.15) is 11.8 Å². The molecule has 3 aromatic rings. The van der Waals surface area contributed by atoms with Gasteiger partial charge in [-0.1, -0.05) is 30.3 Å². The molecule has 8 heteroatoms. The third-order valence-electron chi connectivity index (χ3n) is 5.95. The molecule has 0 saturated carbocycles. The number of likely N-dealkylation sites (tertiary alicyclic amines) is 1. The van der Waals surface area contributed by atoms with E-state index in [2.05, 4.69) is 10.3 Å². The number of aromatic nitrogens is 1. The molecule has 0 aliphatic carbocycles. The topological polar surface area (TPSA) is 91.8 Å². The first-order valence-electron chi connectivity index (χ1n) is 10.8. The van der Waals surface area contributed by atoms with Gasteiger partial charge in [0.25, 0.3) is 5.91 Å². The van der Waals surface area contributed by atoms with Crippen LogP contribution in [0.5, 0.6) is 5.75 Å². The van der Waals surface area contributed by atoms with E-state index >= 15 is 0 Å². The van der Waals surface area contributed by atoms with E-state index in [1.54, 1.807) is 30.6 Å². The Hall–Kier alpha value is -3.23. The molecule has 2 N–H and O–H groups in total. The number of rotatable bonds is 6. The minimum absolute atomic E-state index is 0.121. The Bertz CT molecular complexity index is 1160. The fourth-order valence-corrected chi connectivity index (χ4v) is 4.87. The first-order chi connectivity index (χ1) is 15.9. The normalized spacial score (nSPS) is 17.8. The molecule has 0 radical (unpaired) electrons. The van der Waals surface area contributed by atoms with Crippen molar-refractivity contribution in [1.29, 1.82) is 0 Å². The quantitative estimate of drug-likeness (QED) is 0.583. The lowest BCUT2D eigenvalue weighted by molar-refractivity contribution is -0.125. The fraction of sp³-hybridized carbons (Fsp3) is 0.320. The summed E-state index contributed by atoms with van der Waals surface area (Å²) >= 11 is 1.60. The minimum atomic E-state index is -0.738. The van der Waals surface area contributed by atoms with Crippen LogP contribution in [0.2, 0.25) is 0 Å². The second kappa shape index (κ2) is 9.72. The predicted molar refractivity (Wildman–Crippen MR) is 127 cm³/mol. The molecule has 2 aromatic carbocycles. The van der Waals surface area contributed by atoms with Gasteiger partial charge in [0.2, 0.25) is 5.91 Å². The number of hydrogen-bond donors (Lipinski definition) is 2. The van der Waals surface area contributed by atoms with E-state index < -0.39 is 12.1 Å². The molecule has 2 atom stereocenters. The molecule has 2 heterocycles. The lowest BCUT2D eigenvalue weighted by atomic mass is 10.1. The molecule has 2 amide bonds. The van der Waals surface area contributed by atoms with Crippen LogP contribution in [0.25, 0.3) is 10.4 Å². The number of carbonyl (C=O) groups excluding carboxylic acids is 2. The molecule has 0 spiro atoms. The Morgan fingerprint density at radius 2 is 1.97 bits per heavy atom. The summed E-state index contributed by atoms with van der Waals surface area (Å²) < 4.78 is 5.24. The van der Waals surface area contributed by atoms with Gasteiger partial charge in [-0.3, -0.25) is 9.59 Å². The molecular formula is C25H27N3O4S. The van der Waals surface area contributed by atoms with Crippen molar-refractivity contribution < 1.29 is 19.4 Å². The van der Waals surface area contributed by atoms with E-state index in [1.165, 1.54) is 4.90 Å². The molecule has 33 heavy (non-hydrogen) atoms. The average Bonchev–Trinajstić information content (AvgIpc) is 3.43. The zero-order chi connectivity index (χ0) is 23.5. The van der Waals surface area contributed by atoms with Crippen LogP contribution < -0.4 is 10.1 Å². The lowest BCUT2D eigenvalue weighted by Gasteiger charge is -2.24. The third-order valence-corrected chi connectivity index (χ3v) is 6.92. The number of aliphatic hydroxyl groups excluding tert-OH is 1. The lowest BCUT2D eigenvalue weighted by Crippen LogP contribution is -2.45. The SMILES string of the molecule is COc1ccc(C)c(C(=O)N2C[C@H](O)C[C@H]2C(=O)NCc2ccc(-c3scnc3C)cc2)c1. The monoisotopic (exact) mass is 465 g/mol. The number of hydrogen-bond acceptors (Lipinski definition) is 6. The van der Waals surface area contributed by atoms with Crippen LogP contribution in [0.1, 0.15) is 33.6 Å². The Balaban J connectivity index is 1.44.